The number of aromatic hydroxyl groups is 1. The fourth-order valence-corrected chi connectivity index (χ4v) is 2.81. The van der Waals surface area contributed by atoms with E-state index in [1.807, 2.05) is 0 Å². The largest absolute Gasteiger partial charge is 0.505 e. The van der Waals surface area contributed by atoms with Gasteiger partial charge in [-0.15, -0.1) is 0 Å². The van der Waals surface area contributed by atoms with E-state index in [1.54, 1.807) is 13.0 Å². The number of rotatable bonds is 5. The number of nitrogens with one attached hydrogen (secondary N) is 1. The SMILES string of the molecule is CCOc1c(Nc2cccc(C(=O)N3CC[C@H](O)C3)c2O)c(=O)c1=O. The van der Waals surface area contributed by atoms with Crippen LogP contribution in [0.15, 0.2) is 27.8 Å². The van der Waals surface area contributed by atoms with Crippen molar-refractivity contribution in [3.63, 3.8) is 0 Å². The molecule has 132 valence electrons. The number of carbonyl (C=O) groups excluding carboxylic acids is 1. The monoisotopic (exact) mass is 346 g/mol. The molecule has 0 aliphatic carbocycles. The van der Waals surface area contributed by atoms with E-state index >= 15 is 0 Å². The van der Waals surface area contributed by atoms with Crippen LogP contribution in [0.25, 0.3) is 0 Å². The van der Waals surface area contributed by atoms with Gasteiger partial charge in [0.2, 0.25) is 0 Å². The maximum atomic E-state index is 12.5. The van der Waals surface area contributed by atoms with E-state index in [4.69, 9.17) is 4.74 Å². The quantitative estimate of drug-likeness (QED) is 0.528. The van der Waals surface area contributed by atoms with Crippen molar-refractivity contribution in [3.8, 4) is 11.5 Å². The van der Waals surface area contributed by atoms with E-state index in [-0.39, 0.29) is 41.6 Å². The maximum absolute atomic E-state index is 12.5. The minimum absolute atomic E-state index is 0.0386. The molecule has 1 saturated heterocycles. The fraction of sp³-hybridized carbons (Fsp3) is 0.353. The van der Waals surface area contributed by atoms with Gasteiger partial charge in [-0.3, -0.25) is 14.4 Å². The van der Waals surface area contributed by atoms with E-state index in [0.29, 0.717) is 13.0 Å². The highest BCUT2D eigenvalue weighted by atomic mass is 16.5. The van der Waals surface area contributed by atoms with Gasteiger partial charge in [-0.2, -0.15) is 0 Å². The lowest BCUT2D eigenvalue weighted by Crippen LogP contribution is -2.35. The summed E-state index contributed by atoms with van der Waals surface area (Å²) in [5.74, 6) is -0.816. The molecule has 0 unspecified atom stereocenters. The number of hydrogen-bond acceptors (Lipinski definition) is 7. The molecular weight excluding hydrogens is 328 g/mol. The Morgan fingerprint density at radius 3 is 2.76 bits per heavy atom. The van der Waals surface area contributed by atoms with Crippen LogP contribution in [-0.4, -0.2) is 46.8 Å². The number of benzene rings is 1. The van der Waals surface area contributed by atoms with Crippen LogP contribution in [-0.2, 0) is 0 Å². The normalized spacial score (nSPS) is 17.0. The third-order valence-corrected chi connectivity index (χ3v) is 4.13. The summed E-state index contributed by atoms with van der Waals surface area (Å²) < 4.78 is 5.12. The molecule has 0 spiro atoms. The first kappa shape index (κ1) is 17.0. The van der Waals surface area contributed by atoms with Gasteiger partial charge in [0.25, 0.3) is 16.8 Å². The lowest BCUT2D eigenvalue weighted by Gasteiger charge is -2.18. The first-order chi connectivity index (χ1) is 11.9. The van der Waals surface area contributed by atoms with Gasteiger partial charge in [-0.05, 0) is 25.5 Å². The molecule has 1 amide bonds. The van der Waals surface area contributed by atoms with Crippen molar-refractivity contribution in [1.82, 2.24) is 4.90 Å². The molecule has 8 nitrogen and oxygen atoms in total. The Labute approximate surface area is 143 Å². The number of hydrogen-bond donors (Lipinski definition) is 3. The number of β-amino-alcohol motifs (C(OH)–C–C–N with tert-alkyl or cyclic N) is 1. The minimum Gasteiger partial charge on any atom is -0.505 e. The zero-order valence-corrected chi connectivity index (χ0v) is 13.6. The zero-order valence-electron chi connectivity index (χ0n) is 13.6. The molecule has 3 N–H and O–H groups in total. The van der Waals surface area contributed by atoms with Crippen molar-refractivity contribution in [2.45, 2.75) is 19.4 Å². The van der Waals surface area contributed by atoms with E-state index < -0.39 is 22.9 Å². The van der Waals surface area contributed by atoms with Crippen molar-refractivity contribution < 1.29 is 19.7 Å². The van der Waals surface area contributed by atoms with Crippen LogP contribution in [0.3, 0.4) is 0 Å². The number of amides is 1. The van der Waals surface area contributed by atoms with Crippen LogP contribution in [0.4, 0.5) is 11.4 Å². The second-order valence-electron chi connectivity index (χ2n) is 5.82. The third-order valence-electron chi connectivity index (χ3n) is 4.13. The molecule has 1 atom stereocenters. The van der Waals surface area contributed by atoms with Crippen LogP contribution >= 0.6 is 0 Å². The van der Waals surface area contributed by atoms with Crippen LogP contribution in [0, 0.1) is 0 Å². The number of anilines is 2. The number of phenolic OH excluding ortho intramolecular Hbond substituents is 1. The molecule has 0 bridgehead atoms. The summed E-state index contributed by atoms with van der Waals surface area (Å²) in [4.78, 5) is 37.1. The number of para-hydroxylation sites is 1. The van der Waals surface area contributed by atoms with Gasteiger partial charge in [-0.1, -0.05) is 6.07 Å². The van der Waals surface area contributed by atoms with Crippen molar-refractivity contribution in [2.24, 2.45) is 0 Å². The summed E-state index contributed by atoms with van der Waals surface area (Å²) in [5, 5.41) is 22.6. The number of aliphatic hydroxyl groups is 1. The standard InChI is InChI=1S/C17H18N2O6/c1-2-25-16-12(14(22)15(16)23)18-11-5-3-4-10(13(11)21)17(24)19-7-6-9(20)8-19/h3-5,9,18,20-21H,2,6-8H2,1H3/t9-/m0/s1. The Bertz CT molecular complexity index is 884. The van der Waals surface area contributed by atoms with Gasteiger partial charge >= 0.3 is 0 Å². The Balaban J connectivity index is 1.87. The molecule has 1 aliphatic heterocycles. The smallest absolute Gasteiger partial charge is 0.272 e. The first-order valence-corrected chi connectivity index (χ1v) is 7.96. The van der Waals surface area contributed by atoms with Crippen LogP contribution in [0.5, 0.6) is 11.5 Å². The van der Waals surface area contributed by atoms with Gasteiger partial charge in [-0.25, -0.2) is 0 Å². The first-order valence-electron chi connectivity index (χ1n) is 7.96. The summed E-state index contributed by atoms with van der Waals surface area (Å²) in [7, 11) is 0. The van der Waals surface area contributed by atoms with E-state index in [0.717, 1.165) is 0 Å². The topological polar surface area (TPSA) is 116 Å². The summed E-state index contributed by atoms with van der Waals surface area (Å²) in [6.07, 6.45) is -0.0732. The van der Waals surface area contributed by atoms with Crippen LogP contribution in [0.2, 0.25) is 0 Å². The third kappa shape index (κ3) is 2.96. The van der Waals surface area contributed by atoms with Crippen molar-refractivity contribution >= 4 is 17.3 Å². The second-order valence-corrected chi connectivity index (χ2v) is 5.82. The Hall–Kier alpha value is -2.87. The molecule has 25 heavy (non-hydrogen) atoms. The Kier molecular flexibility index (Phi) is 4.45. The molecule has 1 aliphatic rings. The molecule has 1 heterocycles. The van der Waals surface area contributed by atoms with Crippen molar-refractivity contribution in [1.29, 1.82) is 0 Å². The highest BCUT2D eigenvalue weighted by Crippen LogP contribution is 2.33. The van der Waals surface area contributed by atoms with Gasteiger partial charge in [0.1, 0.15) is 5.69 Å². The number of aliphatic hydroxyl groups excluding tert-OH is 1. The van der Waals surface area contributed by atoms with Crippen molar-refractivity contribution in [2.75, 3.05) is 25.0 Å². The highest BCUT2D eigenvalue weighted by molar-refractivity contribution is 5.99. The molecule has 8 heteroatoms. The van der Waals surface area contributed by atoms with Gasteiger partial charge in [0.05, 0.1) is 24.0 Å². The van der Waals surface area contributed by atoms with Gasteiger partial charge in [0, 0.05) is 13.1 Å². The number of ether oxygens (including phenoxy) is 1. The lowest BCUT2D eigenvalue weighted by molar-refractivity contribution is 0.0762. The van der Waals surface area contributed by atoms with Crippen LogP contribution in [0.1, 0.15) is 23.7 Å². The van der Waals surface area contributed by atoms with Crippen LogP contribution < -0.4 is 20.9 Å². The Morgan fingerprint density at radius 1 is 1.36 bits per heavy atom. The van der Waals surface area contributed by atoms with E-state index in [2.05, 4.69) is 5.32 Å². The van der Waals surface area contributed by atoms with Crippen molar-refractivity contribution in [3.05, 3.63) is 44.2 Å². The molecule has 0 aromatic heterocycles. The average molecular weight is 346 g/mol. The summed E-state index contributed by atoms with van der Waals surface area (Å²) in [5.41, 5.74) is -1.32. The number of likely N-dealkylation sites (tertiary alicyclic amines) is 1. The summed E-state index contributed by atoms with van der Waals surface area (Å²) >= 11 is 0. The Morgan fingerprint density at radius 2 is 2.12 bits per heavy atom. The molecule has 0 radical (unpaired) electrons. The number of phenols is 1. The molecule has 2 aromatic carbocycles. The van der Waals surface area contributed by atoms with E-state index in [1.165, 1.54) is 17.0 Å². The second kappa shape index (κ2) is 6.56. The molecule has 2 aromatic rings. The zero-order chi connectivity index (χ0) is 18.1. The number of nitrogens with zero attached hydrogens (tertiary/aromatic N) is 1. The number of carbonyl (C=O) groups is 1. The molecular formula is C17H18N2O6. The minimum atomic E-state index is -0.734. The lowest BCUT2D eigenvalue weighted by atomic mass is 10.1. The summed E-state index contributed by atoms with van der Waals surface area (Å²) in [6, 6.07) is 4.49. The predicted octanol–water partition coefficient (Wildman–Crippen LogP) is 0.337. The summed E-state index contributed by atoms with van der Waals surface area (Å²) in [6.45, 7) is 2.52. The van der Waals surface area contributed by atoms with Gasteiger partial charge in [0.15, 0.2) is 11.5 Å². The molecule has 3 rings (SSSR count). The van der Waals surface area contributed by atoms with E-state index in [9.17, 15) is 24.6 Å². The highest BCUT2D eigenvalue weighted by Gasteiger charge is 2.28. The fourth-order valence-electron chi connectivity index (χ4n) is 2.81. The maximum Gasteiger partial charge on any atom is 0.272 e. The molecule has 1 fully saturated rings. The molecule has 0 saturated carbocycles. The average Bonchev–Trinajstić information content (AvgIpc) is 3.04. The predicted molar refractivity (Wildman–Crippen MR) is 90.4 cm³/mol. The van der Waals surface area contributed by atoms with Gasteiger partial charge < -0.3 is 25.2 Å².